The third kappa shape index (κ3) is 4.00. The minimum Gasteiger partial charge on any atom is -0.323 e. The molecule has 0 aliphatic rings. The lowest BCUT2D eigenvalue weighted by atomic mass is 10.1. The van der Waals surface area contributed by atoms with Gasteiger partial charge in [0, 0.05) is 18.8 Å². The van der Waals surface area contributed by atoms with Crippen LogP contribution in [-0.2, 0) is 11.3 Å². The summed E-state index contributed by atoms with van der Waals surface area (Å²) in [7, 11) is 0. The zero-order chi connectivity index (χ0) is 13.5. The molecule has 0 aliphatic heterocycles. The lowest BCUT2D eigenvalue weighted by molar-refractivity contribution is -0.117. The van der Waals surface area contributed by atoms with E-state index >= 15 is 0 Å². The maximum atomic E-state index is 11.7. The summed E-state index contributed by atoms with van der Waals surface area (Å²) in [5.41, 5.74) is 6.27. The van der Waals surface area contributed by atoms with Crippen LogP contribution in [0.25, 0.3) is 0 Å². The van der Waals surface area contributed by atoms with Crippen molar-refractivity contribution in [1.29, 1.82) is 0 Å². The number of pyridine rings is 1. The van der Waals surface area contributed by atoms with Crippen LogP contribution in [0.15, 0.2) is 23.1 Å². The zero-order valence-corrected chi connectivity index (χ0v) is 11.0. The Hall–Kier alpha value is -1.62. The number of amides is 1. The van der Waals surface area contributed by atoms with E-state index in [4.69, 9.17) is 5.73 Å². The molecule has 0 aromatic carbocycles. The Balaban J connectivity index is 2.76. The summed E-state index contributed by atoms with van der Waals surface area (Å²) in [6.45, 7) is 4.62. The molecule has 5 nitrogen and oxygen atoms in total. The molecule has 0 saturated heterocycles. The Morgan fingerprint density at radius 3 is 2.72 bits per heavy atom. The Kier molecular flexibility index (Phi) is 5.58. The van der Waals surface area contributed by atoms with E-state index in [9.17, 15) is 9.59 Å². The third-order valence-electron chi connectivity index (χ3n) is 2.65. The number of hydrogen-bond donors (Lipinski definition) is 2. The lowest BCUT2D eigenvalue weighted by Gasteiger charge is -2.12. The summed E-state index contributed by atoms with van der Waals surface area (Å²) in [5, 5.41) is 2.73. The van der Waals surface area contributed by atoms with Gasteiger partial charge in [-0.1, -0.05) is 20.3 Å². The molecule has 1 aromatic rings. The van der Waals surface area contributed by atoms with Crippen LogP contribution in [0.3, 0.4) is 0 Å². The fourth-order valence-corrected chi connectivity index (χ4v) is 1.70. The van der Waals surface area contributed by atoms with Gasteiger partial charge in [-0.15, -0.1) is 0 Å². The van der Waals surface area contributed by atoms with Crippen LogP contribution in [0.5, 0.6) is 0 Å². The van der Waals surface area contributed by atoms with Crippen molar-refractivity contribution in [2.24, 2.45) is 5.73 Å². The van der Waals surface area contributed by atoms with Gasteiger partial charge < -0.3 is 15.6 Å². The first kappa shape index (κ1) is 14.4. The number of nitrogens with two attached hydrogens (primary N) is 1. The van der Waals surface area contributed by atoms with Gasteiger partial charge in [0.1, 0.15) is 0 Å². The van der Waals surface area contributed by atoms with Gasteiger partial charge in [-0.3, -0.25) is 9.59 Å². The fourth-order valence-electron chi connectivity index (χ4n) is 1.70. The van der Waals surface area contributed by atoms with Crippen LogP contribution in [0, 0.1) is 0 Å². The highest BCUT2D eigenvalue weighted by molar-refractivity contribution is 5.94. The molecule has 0 unspecified atom stereocenters. The van der Waals surface area contributed by atoms with E-state index in [0.29, 0.717) is 18.7 Å². The highest BCUT2D eigenvalue weighted by Crippen LogP contribution is 2.05. The molecule has 100 valence electrons. The average Bonchev–Trinajstić information content (AvgIpc) is 2.34. The molecule has 0 bridgehead atoms. The molecule has 0 saturated carbocycles. The van der Waals surface area contributed by atoms with E-state index < -0.39 is 6.04 Å². The number of aromatic nitrogens is 1. The van der Waals surface area contributed by atoms with Crippen LogP contribution >= 0.6 is 0 Å². The normalized spacial score (nSPS) is 12.2. The maximum Gasteiger partial charge on any atom is 0.250 e. The number of hydrogen-bond acceptors (Lipinski definition) is 3. The largest absolute Gasteiger partial charge is 0.323 e. The molecular formula is C13H21N3O2. The second-order valence-electron chi connectivity index (χ2n) is 4.33. The van der Waals surface area contributed by atoms with Gasteiger partial charge in [-0.25, -0.2) is 0 Å². The van der Waals surface area contributed by atoms with E-state index in [1.54, 1.807) is 16.8 Å². The van der Waals surface area contributed by atoms with Crippen molar-refractivity contribution in [3.63, 3.8) is 0 Å². The highest BCUT2D eigenvalue weighted by Gasteiger charge is 2.12. The van der Waals surface area contributed by atoms with Crippen molar-refractivity contribution in [2.75, 3.05) is 5.32 Å². The van der Waals surface area contributed by atoms with Gasteiger partial charge in [0.2, 0.25) is 5.91 Å². The summed E-state index contributed by atoms with van der Waals surface area (Å²) >= 11 is 0. The minimum atomic E-state index is -0.499. The van der Waals surface area contributed by atoms with Crippen LogP contribution in [0.1, 0.15) is 33.1 Å². The van der Waals surface area contributed by atoms with Gasteiger partial charge in [0.05, 0.1) is 11.7 Å². The maximum absolute atomic E-state index is 11.7. The average molecular weight is 251 g/mol. The number of nitrogens with one attached hydrogen (secondary N) is 1. The number of carbonyl (C=O) groups excluding carboxylic acids is 1. The van der Waals surface area contributed by atoms with Gasteiger partial charge in [-0.2, -0.15) is 0 Å². The predicted molar refractivity (Wildman–Crippen MR) is 72.5 cm³/mol. The second kappa shape index (κ2) is 6.96. The molecule has 5 heteroatoms. The van der Waals surface area contributed by atoms with Crippen LogP contribution in [-0.4, -0.2) is 16.5 Å². The minimum absolute atomic E-state index is 0.0623. The van der Waals surface area contributed by atoms with Gasteiger partial charge >= 0.3 is 0 Å². The van der Waals surface area contributed by atoms with Crippen molar-refractivity contribution in [3.05, 3.63) is 28.7 Å². The Morgan fingerprint density at radius 2 is 2.11 bits per heavy atom. The quantitative estimate of drug-likeness (QED) is 0.800. The molecule has 1 rings (SSSR count). The van der Waals surface area contributed by atoms with E-state index in [2.05, 4.69) is 5.32 Å². The van der Waals surface area contributed by atoms with Gasteiger partial charge in [0.15, 0.2) is 0 Å². The first-order valence-corrected chi connectivity index (χ1v) is 6.35. The van der Waals surface area contributed by atoms with E-state index in [-0.39, 0.29) is 11.5 Å². The molecule has 0 fully saturated rings. The van der Waals surface area contributed by atoms with Crippen LogP contribution in [0.2, 0.25) is 0 Å². The molecule has 0 spiro atoms. The first-order valence-electron chi connectivity index (χ1n) is 6.35. The van der Waals surface area contributed by atoms with Crippen LogP contribution < -0.4 is 16.6 Å². The van der Waals surface area contributed by atoms with Crippen molar-refractivity contribution >= 4 is 11.6 Å². The van der Waals surface area contributed by atoms with Crippen LogP contribution in [0.4, 0.5) is 5.69 Å². The van der Waals surface area contributed by atoms with Crippen molar-refractivity contribution in [3.8, 4) is 0 Å². The Labute approximate surface area is 107 Å². The molecule has 18 heavy (non-hydrogen) atoms. The predicted octanol–water partition coefficient (Wildman–Crippen LogP) is 1.32. The molecule has 1 heterocycles. The lowest BCUT2D eigenvalue weighted by Crippen LogP contribution is -2.35. The van der Waals surface area contributed by atoms with Crippen molar-refractivity contribution in [2.45, 2.75) is 45.7 Å². The molecular weight excluding hydrogens is 230 g/mol. The molecule has 0 aliphatic carbocycles. The molecule has 3 N–H and O–H groups in total. The standard InChI is InChI=1S/C13H21N3O2/c1-3-5-11(14)13(18)15-10-6-7-12(17)16(9-10)8-4-2/h6-7,9,11H,3-5,8,14H2,1-2H3,(H,15,18)/t11-/m1/s1. The van der Waals surface area contributed by atoms with E-state index in [0.717, 1.165) is 12.8 Å². The summed E-state index contributed by atoms with van der Waals surface area (Å²) < 4.78 is 1.58. The third-order valence-corrected chi connectivity index (χ3v) is 2.65. The summed E-state index contributed by atoms with van der Waals surface area (Å²) in [6.07, 6.45) is 4.04. The molecule has 1 atom stereocenters. The van der Waals surface area contributed by atoms with Gasteiger partial charge in [0.25, 0.3) is 5.56 Å². The first-order chi connectivity index (χ1) is 8.58. The fraction of sp³-hybridized carbons (Fsp3) is 0.538. The summed E-state index contributed by atoms with van der Waals surface area (Å²) in [4.78, 5) is 23.2. The summed E-state index contributed by atoms with van der Waals surface area (Å²) in [6, 6.07) is 2.56. The SMILES string of the molecule is CCC[C@@H](N)C(=O)Nc1ccc(=O)n(CCC)c1. The summed E-state index contributed by atoms with van der Waals surface area (Å²) in [5.74, 6) is -0.210. The number of aryl methyl sites for hydroxylation is 1. The number of anilines is 1. The zero-order valence-electron chi connectivity index (χ0n) is 11.0. The van der Waals surface area contributed by atoms with Crippen molar-refractivity contribution in [1.82, 2.24) is 4.57 Å². The number of rotatable bonds is 6. The molecule has 1 aromatic heterocycles. The monoisotopic (exact) mass is 251 g/mol. The Morgan fingerprint density at radius 1 is 1.39 bits per heavy atom. The molecule has 0 radical (unpaired) electrons. The Bertz CT molecular complexity index is 454. The number of nitrogens with zero attached hydrogens (tertiary/aromatic N) is 1. The van der Waals surface area contributed by atoms with Crippen molar-refractivity contribution < 1.29 is 4.79 Å². The van der Waals surface area contributed by atoms with E-state index in [1.165, 1.54) is 6.07 Å². The molecule has 1 amide bonds. The van der Waals surface area contributed by atoms with Gasteiger partial charge in [-0.05, 0) is 18.9 Å². The highest BCUT2D eigenvalue weighted by atomic mass is 16.2. The second-order valence-corrected chi connectivity index (χ2v) is 4.33. The topological polar surface area (TPSA) is 77.1 Å². The van der Waals surface area contributed by atoms with E-state index in [1.807, 2.05) is 13.8 Å². The number of carbonyl (C=O) groups is 1. The smallest absolute Gasteiger partial charge is 0.250 e.